The molecule has 0 atom stereocenters. The Kier molecular flexibility index (Phi) is 3.59. The molecule has 0 saturated carbocycles. The highest BCUT2D eigenvalue weighted by Crippen LogP contribution is 2.20. The molecular weight excluding hydrogens is 225 g/mol. The van der Waals surface area contributed by atoms with Gasteiger partial charge < -0.3 is 5.32 Å². The van der Waals surface area contributed by atoms with E-state index in [0.717, 1.165) is 29.9 Å². The van der Waals surface area contributed by atoms with Crippen LogP contribution in [-0.2, 0) is 10.8 Å². The Morgan fingerprint density at radius 3 is 2.69 bits per heavy atom. The van der Waals surface area contributed by atoms with Crippen molar-refractivity contribution in [1.29, 1.82) is 0 Å². The summed E-state index contributed by atoms with van der Waals surface area (Å²) in [6.07, 6.45) is 1.72. The van der Waals surface area contributed by atoms with Crippen molar-refractivity contribution < 1.29 is 8.60 Å². The number of halogens is 1. The van der Waals surface area contributed by atoms with Gasteiger partial charge in [0.2, 0.25) is 0 Å². The summed E-state index contributed by atoms with van der Waals surface area (Å²) in [6.45, 7) is 1.87. The van der Waals surface area contributed by atoms with E-state index in [4.69, 9.17) is 0 Å². The van der Waals surface area contributed by atoms with E-state index in [9.17, 15) is 8.60 Å². The molecule has 0 aliphatic carbocycles. The van der Waals surface area contributed by atoms with Crippen molar-refractivity contribution >= 4 is 16.5 Å². The average Bonchev–Trinajstić information content (AvgIpc) is 2.25. The third kappa shape index (κ3) is 2.82. The summed E-state index contributed by atoms with van der Waals surface area (Å²) in [4.78, 5) is 0. The number of anilines is 1. The van der Waals surface area contributed by atoms with Crippen LogP contribution in [0.3, 0.4) is 0 Å². The van der Waals surface area contributed by atoms with Crippen molar-refractivity contribution in [1.82, 2.24) is 0 Å². The van der Waals surface area contributed by atoms with Crippen LogP contribution < -0.4 is 5.32 Å². The summed E-state index contributed by atoms with van der Waals surface area (Å²) in [5.41, 5.74) is 1.48. The van der Waals surface area contributed by atoms with Crippen molar-refractivity contribution in [3.05, 3.63) is 29.6 Å². The molecule has 0 amide bonds. The van der Waals surface area contributed by atoms with Crippen LogP contribution in [0.5, 0.6) is 0 Å². The third-order valence-electron chi connectivity index (χ3n) is 2.87. The van der Waals surface area contributed by atoms with Crippen LogP contribution in [0.15, 0.2) is 18.2 Å². The molecular formula is C12H16FNOS. The predicted molar refractivity (Wildman–Crippen MR) is 65.7 cm³/mol. The second-order valence-electron chi connectivity index (χ2n) is 4.25. The maximum absolute atomic E-state index is 13.6. The molecule has 1 saturated heterocycles. The normalized spacial score (nSPS) is 25.4. The first kappa shape index (κ1) is 11.6. The lowest BCUT2D eigenvalue weighted by atomic mass is 10.1. The summed E-state index contributed by atoms with van der Waals surface area (Å²) in [5.74, 6) is 1.25. The van der Waals surface area contributed by atoms with Crippen molar-refractivity contribution in [3.63, 3.8) is 0 Å². The van der Waals surface area contributed by atoms with Gasteiger partial charge in [0.05, 0.1) is 5.69 Å². The van der Waals surface area contributed by atoms with E-state index in [1.807, 2.05) is 13.0 Å². The fourth-order valence-electron chi connectivity index (χ4n) is 1.90. The largest absolute Gasteiger partial charge is 0.380 e. The van der Waals surface area contributed by atoms with Gasteiger partial charge in [0, 0.05) is 28.3 Å². The van der Waals surface area contributed by atoms with Crippen LogP contribution in [0, 0.1) is 12.7 Å². The first-order chi connectivity index (χ1) is 7.65. The molecule has 0 aromatic heterocycles. The van der Waals surface area contributed by atoms with E-state index in [1.165, 1.54) is 6.07 Å². The highest BCUT2D eigenvalue weighted by Gasteiger charge is 2.18. The summed E-state index contributed by atoms with van der Waals surface area (Å²) >= 11 is 0. The molecule has 1 fully saturated rings. The topological polar surface area (TPSA) is 29.1 Å². The van der Waals surface area contributed by atoms with Gasteiger partial charge in [-0.1, -0.05) is 6.07 Å². The van der Waals surface area contributed by atoms with E-state index in [0.29, 0.717) is 5.69 Å². The van der Waals surface area contributed by atoms with Crippen LogP contribution in [0.4, 0.5) is 10.1 Å². The highest BCUT2D eigenvalue weighted by atomic mass is 32.2. The molecule has 1 aromatic carbocycles. The lowest BCUT2D eigenvalue weighted by molar-refractivity contribution is 0.603. The zero-order valence-electron chi connectivity index (χ0n) is 9.33. The highest BCUT2D eigenvalue weighted by molar-refractivity contribution is 7.85. The zero-order valence-corrected chi connectivity index (χ0v) is 10.1. The quantitative estimate of drug-likeness (QED) is 0.861. The van der Waals surface area contributed by atoms with Crippen LogP contribution >= 0.6 is 0 Å². The molecule has 0 bridgehead atoms. The first-order valence-corrected chi connectivity index (χ1v) is 7.01. The molecule has 88 valence electrons. The molecule has 1 N–H and O–H groups in total. The molecule has 1 aliphatic heterocycles. The minimum atomic E-state index is -0.662. The third-order valence-corrected chi connectivity index (χ3v) is 4.25. The summed E-state index contributed by atoms with van der Waals surface area (Å²) in [6, 6.07) is 5.46. The molecule has 1 aromatic rings. The number of aryl methyl sites for hydroxylation is 1. The molecule has 16 heavy (non-hydrogen) atoms. The smallest absolute Gasteiger partial charge is 0.146 e. The number of rotatable bonds is 2. The van der Waals surface area contributed by atoms with E-state index in [-0.39, 0.29) is 11.9 Å². The standard InChI is InChI=1S/C12H16FNOS/c1-9-2-3-12(11(13)8-9)14-10-4-6-16(15)7-5-10/h2-3,8,10,14H,4-7H2,1H3. The van der Waals surface area contributed by atoms with E-state index in [2.05, 4.69) is 5.32 Å². The molecule has 2 rings (SSSR count). The van der Waals surface area contributed by atoms with Gasteiger partial charge in [-0.25, -0.2) is 4.39 Å². The zero-order chi connectivity index (χ0) is 11.5. The van der Waals surface area contributed by atoms with E-state index in [1.54, 1.807) is 6.07 Å². The summed E-state index contributed by atoms with van der Waals surface area (Å²) in [5, 5.41) is 3.19. The number of nitrogens with one attached hydrogen (secondary N) is 1. The van der Waals surface area contributed by atoms with Gasteiger partial charge in [-0.2, -0.15) is 0 Å². The fourth-order valence-corrected chi connectivity index (χ4v) is 3.19. The molecule has 0 unspecified atom stereocenters. The lowest BCUT2D eigenvalue weighted by Gasteiger charge is -2.23. The van der Waals surface area contributed by atoms with Crippen LogP contribution in [0.1, 0.15) is 18.4 Å². The van der Waals surface area contributed by atoms with Gasteiger partial charge in [0.15, 0.2) is 0 Å². The van der Waals surface area contributed by atoms with E-state index >= 15 is 0 Å². The average molecular weight is 241 g/mol. The van der Waals surface area contributed by atoms with Gasteiger partial charge in [-0.3, -0.25) is 4.21 Å². The number of benzene rings is 1. The van der Waals surface area contributed by atoms with Gasteiger partial charge in [-0.05, 0) is 37.5 Å². The van der Waals surface area contributed by atoms with Crippen molar-refractivity contribution in [3.8, 4) is 0 Å². The molecule has 0 spiro atoms. The minimum absolute atomic E-state index is 0.202. The molecule has 4 heteroatoms. The first-order valence-electron chi connectivity index (χ1n) is 5.53. The van der Waals surface area contributed by atoms with Crippen molar-refractivity contribution in [2.45, 2.75) is 25.8 Å². The second kappa shape index (κ2) is 4.95. The van der Waals surface area contributed by atoms with Crippen LogP contribution in [-0.4, -0.2) is 21.8 Å². The second-order valence-corrected chi connectivity index (χ2v) is 5.95. The monoisotopic (exact) mass is 241 g/mol. The lowest BCUT2D eigenvalue weighted by Crippen LogP contribution is -2.29. The molecule has 2 nitrogen and oxygen atoms in total. The Morgan fingerprint density at radius 1 is 1.38 bits per heavy atom. The Labute approximate surface area is 97.7 Å². The molecule has 1 heterocycles. The summed E-state index contributed by atoms with van der Waals surface area (Å²) in [7, 11) is -0.662. The Bertz CT molecular complexity index is 398. The number of hydrogen-bond donors (Lipinski definition) is 1. The molecule has 0 radical (unpaired) electrons. The predicted octanol–water partition coefficient (Wildman–Crippen LogP) is 2.46. The van der Waals surface area contributed by atoms with Crippen LogP contribution in [0.2, 0.25) is 0 Å². The summed E-state index contributed by atoms with van der Waals surface area (Å²) < 4.78 is 24.7. The minimum Gasteiger partial charge on any atom is -0.380 e. The Balaban J connectivity index is 2.01. The maximum atomic E-state index is 13.6. The molecule has 1 aliphatic rings. The van der Waals surface area contributed by atoms with Crippen molar-refractivity contribution in [2.24, 2.45) is 0 Å². The Morgan fingerprint density at radius 2 is 2.06 bits per heavy atom. The van der Waals surface area contributed by atoms with Crippen molar-refractivity contribution in [2.75, 3.05) is 16.8 Å². The fraction of sp³-hybridized carbons (Fsp3) is 0.500. The van der Waals surface area contributed by atoms with Gasteiger partial charge in [0.1, 0.15) is 5.82 Å². The van der Waals surface area contributed by atoms with Crippen LogP contribution in [0.25, 0.3) is 0 Å². The van der Waals surface area contributed by atoms with Gasteiger partial charge in [0.25, 0.3) is 0 Å². The maximum Gasteiger partial charge on any atom is 0.146 e. The van der Waals surface area contributed by atoms with Gasteiger partial charge in [-0.15, -0.1) is 0 Å². The SMILES string of the molecule is Cc1ccc(NC2CCS(=O)CC2)c(F)c1. The van der Waals surface area contributed by atoms with E-state index < -0.39 is 10.8 Å². The number of hydrogen-bond acceptors (Lipinski definition) is 2. The van der Waals surface area contributed by atoms with Gasteiger partial charge >= 0.3 is 0 Å². The Hall–Kier alpha value is -0.900.